The summed E-state index contributed by atoms with van der Waals surface area (Å²) in [4.78, 5) is 14.4. The van der Waals surface area contributed by atoms with Crippen molar-refractivity contribution in [1.29, 1.82) is 0 Å². The van der Waals surface area contributed by atoms with E-state index >= 15 is 0 Å². The summed E-state index contributed by atoms with van der Waals surface area (Å²) in [7, 11) is 1.73. The Labute approximate surface area is 103 Å². The van der Waals surface area contributed by atoms with Crippen molar-refractivity contribution < 1.29 is 9.53 Å². The maximum absolute atomic E-state index is 12.4. The van der Waals surface area contributed by atoms with Gasteiger partial charge in [-0.1, -0.05) is 6.42 Å². The smallest absolute Gasteiger partial charge is 0.227 e. The first kappa shape index (κ1) is 12.8. The van der Waals surface area contributed by atoms with Crippen LogP contribution in [0.5, 0.6) is 0 Å². The average molecular weight is 240 g/mol. The summed E-state index contributed by atoms with van der Waals surface area (Å²) in [5, 5.41) is 0. The molecule has 1 aliphatic carbocycles. The Morgan fingerprint density at radius 3 is 2.82 bits per heavy atom. The minimum atomic E-state index is 0.0799. The summed E-state index contributed by atoms with van der Waals surface area (Å²) in [6.45, 7) is 2.53. The number of carbonyl (C=O) groups excluding carboxylic acids is 1. The van der Waals surface area contributed by atoms with Gasteiger partial charge >= 0.3 is 0 Å². The van der Waals surface area contributed by atoms with Crippen LogP contribution in [0.1, 0.15) is 32.1 Å². The third-order valence-corrected chi connectivity index (χ3v) is 4.12. The summed E-state index contributed by atoms with van der Waals surface area (Å²) in [5.41, 5.74) is 6.01. The molecule has 1 heterocycles. The van der Waals surface area contributed by atoms with Gasteiger partial charge in [-0.3, -0.25) is 4.79 Å². The number of ether oxygens (including phenoxy) is 1. The Bertz CT molecular complexity index is 268. The highest BCUT2D eigenvalue weighted by atomic mass is 16.5. The van der Waals surface area contributed by atoms with E-state index in [1.807, 2.05) is 4.90 Å². The summed E-state index contributed by atoms with van der Waals surface area (Å²) < 4.78 is 5.19. The molecule has 1 saturated carbocycles. The number of nitrogens with two attached hydrogens (primary N) is 1. The molecule has 0 radical (unpaired) electrons. The molecule has 0 bridgehead atoms. The van der Waals surface area contributed by atoms with Crippen LogP contribution in [0.4, 0.5) is 0 Å². The van der Waals surface area contributed by atoms with Crippen LogP contribution in [0.2, 0.25) is 0 Å². The summed E-state index contributed by atoms with van der Waals surface area (Å²) in [5.74, 6) is 0.877. The Balaban J connectivity index is 1.90. The van der Waals surface area contributed by atoms with Crippen LogP contribution in [0, 0.1) is 11.8 Å². The first-order chi connectivity index (χ1) is 8.22. The largest absolute Gasteiger partial charge is 0.384 e. The summed E-state index contributed by atoms with van der Waals surface area (Å²) >= 11 is 0. The van der Waals surface area contributed by atoms with Crippen molar-refractivity contribution >= 4 is 5.91 Å². The first-order valence-corrected chi connectivity index (χ1v) is 6.75. The zero-order chi connectivity index (χ0) is 12.3. The number of nitrogens with zero attached hydrogens (tertiary/aromatic N) is 1. The van der Waals surface area contributed by atoms with Crippen molar-refractivity contribution in [2.45, 2.75) is 38.1 Å². The maximum atomic E-state index is 12.4. The fraction of sp³-hybridized carbons (Fsp3) is 0.923. The van der Waals surface area contributed by atoms with E-state index < -0.39 is 0 Å². The van der Waals surface area contributed by atoms with Gasteiger partial charge in [0.05, 0.1) is 12.5 Å². The molecule has 2 rings (SSSR count). The molecule has 1 amide bonds. The fourth-order valence-electron chi connectivity index (χ4n) is 3.17. The molecule has 2 fully saturated rings. The van der Waals surface area contributed by atoms with E-state index in [2.05, 4.69) is 0 Å². The number of amides is 1. The van der Waals surface area contributed by atoms with Crippen molar-refractivity contribution in [3.63, 3.8) is 0 Å². The topological polar surface area (TPSA) is 55.6 Å². The molecule has 2 aliphatic rings. The number of hydrogen-bond acceptors (Lipinski definition) is 3. The van der Waals surface area contributed by atoms with Crippen molar-refractivity contribution in [2.24, 2.45) is 17.6 Å². The molecule has 0 aromatic carbocycles. The highest BCUT2D eigenvalue weighted by molar-refractivity contribution is 5.80. The van der Waals surface area contributed by atoms with Crippen LogP contribution < -0.4 is 5.73 Å². The number of rotatable bonds is 3. The average Bonchev–Trinajstić information content (AvgIpc) is 2.75. The second kappa shape index (κ2) is 5.83. The van der Waals surface area contributed by atoms with E-state index in [0.717, 1.165) is 45.4 Å². The quantitative estimate of drug-likeness (QED) is 0.800. The van der Waals surface area contributed by atoms with Crippen LogP contribution in [-0.4, -0.2) is 43.7 Å². The lowest BCUT2D eigenvalue weighted by Gasteiger charge is -2.34. The van der Waals surface area contributed by atoms with Gasteiger partial charge in [0.1, 0.15) is 0 Å². The molecular formula is C13H24N2O2. The number of hydrogen-bond donors (Lipinski definition) is 1. The number of piperidine rings is 1. The Kier molecular flexibility index (Phi) is 4.40. The fourth-order valence-corrected chi connectivity index (χ4v) is 3.17. The van der Waals surface area contributed by atoms with Crippen molar-refractivity contribution in [2.75, 3.05) is 26.8 Å². The molecule has 2 N–H and O–H groups in total. The molecule has 4 heteroatoms. The third kappa shape index (κ3) is 2.99. The van der Waals surface area contributed by atoms with E-state index in [0.29, 0.717) is 5.92 Å². The lowest BCUT2D eigenvalue weighted by molar-refractivity contribution is -0.138. The van der Waals surface area contributed by atoms with Gasteiger partial charge in [0.25, 0.3) is 0 Å². The Hall–Kier alpha value is -0.610. The normalized spacial score (nSPS) is 34.0. The monoisotopic (exact) mass is 240 g/mol. The van der Waals surface area contributed by atoms with Crippen LogP contribution in [-0.2, 0) is 9.53 Å². The molecule has 17 heavy (non-hydrogen) atoms. The highest BCUT2D eigenvalue weighted by Gasteiger charge is 2.34. The third-order valence-electron chi connectivity index (χ3n) is 4.12. The molecule has 0 aromatic heterocycles. The van der Waals surface area contributed by atoms with Crippen LogP contribution in [0.15, 0.2) is 0 Å². The van der Waals surface area contributed by atoms with E-state index in [4.69, 9.17) is 10.5 Å². The van der Waals surface area contributed by atoms with Crippen molar-refractivity contribution in [3.05, 3.63) is 0 Å². The molecule has 98 valence electrons. The van der Waals surface area contributed by atoms with Gasteiger partial charge in [-0.25, -0.2) is 0 Å². The second-order valence-corrected chi connectivity index (χ2v) is 5.45. The predicted octanol–water partition coefficient (Wildman–Crippen LogP) is 0.999. The highest BCUT2D eigenvalue weighted by Crippen LogP contribution is 2.27. The summed E-state index contributed by atoms with van der Waals surface area (Å²) in [6, 6.07) is 0.0882. The molecule has 3 atom stereocenters. The van der Waals surface area contributed by atoms with Gasteiger partial charge in [0.15, 0.2) is 0 Å². The SMILES string of the molecule is COC[C@@H]1CCCN(C(=O)[C@@H]2CCC[C@@H]2N)C1. The zero-order valence-corrected chi connectivity index (χ0v) is 10.7. The van der Waals surface area contributed by atoms with Crippen molar-refractivity contribution in [1.82, 2.24) is 4.90 Å². The summed E-state index contributed by atoms with van der Waals surface area (Å²) in [6.07, 6.45) is 5.36. The molecule has 4 nitrogen and oxygen atoms in total. The van der Waals surface area contributed by atoms with Crippen LogP contribution in [0.25, 0.3) is 0 Å². The van der Waals surface area contributed by atoms with Gasteiger partial charge in [-0.05, 0) is 31.6 Å². The van der Waals surface area contributed by atoms with Crippen molar-refractivity contribution in [3.8, 4) is 0 Å². The van der Waals surface area contributed by atoms with Gasteiger partial charge < -0.3 is 15.4 Å². The zero-order valence-electron chi connectivity index (χ0n) is 10.7. The lowest BCUT2D eigenvalue weighted by atomic mass is 9.96. The molecule has 1 aliphatic heterocycles. The van der Waals surface area contributed by atoms with Crippen LogP contribution >= 0.6 is 0 Å². The van der Waals surface area contributed by atoms with Gasteiger partial charge in [0.2, 0.25) is 5.91 Å². The van der Waals surface area contributed by atoms with Crippen LogP contribution in [0.3, 0.4) is 0 Å². The Morgan fingerprint density at radius 2 is 2.18 bits per heavy atom. The van der Waals surface area contributed by atoms with Gasteiger partial charge in [-0.15, -0.1) is 0 Å². The molecule has 0 aromatic rings. The lowest BCUT2D eigenvalue weighted by Crippen LogP contribution is -2.46. The van der Waals surface area contributed by atoms with Gasteiger partial charge in [0, 0.05) is 26.2 Å². The number of carbonyl (C=O) groups is 1. The molecule has 1 saturated heterocycles. The van der Waals surface area contributed by atoms with E-state index in [1.54, 1.807) is 7.11 Å². The Morgan fingerprint density at radius 1 is 1.35 bits per heavy atom. The minimum absolute atomic E-state index is 0.0799. The predicted molar refractivity (Wildman–Crippen MR) is 66.5 cm³/mol. The van der Waals surface area contributed by atoms with E-state index in [-0.39, 0.29) is 17.9 Å². The minimum Gasteiger partial charge on any atom is -0.384 e. The molecule has 0 unspecified atom stereocenters. The maximum Gasteiger partial charge on any atom is 0.227 e. The first-order valence-electron chi connectivity index (χ1n) is 6.75. The molecule has 0 spiro atoms. The van der Waals surface area contributed by atoms with E-state index in [1.165, 1.54) is 6.42 Å². The van der Waals surface area contributed by atoms with Gasteiger partial charge in [-0.2, -0.15) is 0 Å². The molecular weight excluding hydrogens is 216 g/mol. The standard InChI is InChI=1S/C13H24N2O2/c1-17-9-10-4-3-7-15(8-10)13(16)11-5-2-6-12(11)14/h10-12H,2-9,14H2,1H3/t10-,11-,12+/m1/s1. The van der Waals surface area contributed by atoms with E-state index in [9.17, 15) is 4.79 Å². The second-order valence-electron chi connectivity index (χ2n) is 5.45. The number of methoxy groups -OCH3 is 1. The number of likely N-dealkylation sites (tertiary alicyclic amines) is 1.